The molecule has 0 atom stereocenters. The Balaban J connectivity index is 3.53. The molecule has 0 N–H and O–H groups in total. The molecule has 0 amide bonds. The Kier molecular flexibility index (Phi) is 3.26. The van der Waals surface area contributed by atoms with Crippen molar-refractivity contribution in [3.8, 4) is 0 Å². The highest BCUT2D eigenvalue weighted by atomic mass is 16.6. The van der Waals surface area contributed by atoms with Crippen LogP contribution in [0.4, 0.5) is 0 Å². The molecule has 0 unspecified atom stereocenters. The highest BCUT2D eigenvalue weighted by Crippen LogP contribution is 1.81. The normalized spacial score (nSPS) is 9.80. The monoisotopic (exact) mass is 149 g/mol. The van der Waals surface area contributed by atoms with Gasteiger partial charge < -0.3 is 0 Å². The molecule has 0 saturated heterocycles. The van der Waals surface area contributed by atoms with Crippen LogP contribution in [0.2, 0.25) is 0 Å². The fourth-order valence-electron chi connectivity index (χ4n) is 0.439. The second-order valence-corrected chi connectivity index (χ2v) is 1.80. The predicted molar refractivity (Wildman–Crippen MR) is 31.5 cm³/mol. The van der Waals surface area contributed by atoms with Crippen molar-refractivity contribution in [1.82, 2.24) is 4.90 Å². The molecule has 0 aromatic carbocycles. The van der Waals surface area contributed by atoms with Crippen molar-refractivity contribution in [2.75, 3.05) is 20.4 Å². The van der Waals surface area contributed by atoms with Gasteiger partial charge in [-0.2, -0.15) is 4.90 Å². The second kappa shape index (κ2) is 3.72. The van der Waals surface area contributed by atoms with Crippen molar-refractivity contribution in [3.05, 3.63) is 20.2 Å². The van der Waals surface area contributed by atoms with E-state index < -0.39 is 23.2 Å². The zero-order valence-corrected chi connectivity index (χ0v) is 5.39. The summed E-state index contributed by atoms with van der Waals surface area (Å²) in [5.74, 6) is 0. The van der Waals surface area contributed by atoms with Crippen LogP contribution >= 0.6 is 0 Å². The minimum absolute atomic E-state index is 0.499. The van der Waals surface area contributed by atoms with Gasteiger partial charge >= 0.3 is 0 Å². The summed E-state index contributed by atoms with van der Waals surface area (Å²) in [6.45, 7) is -0.998. The van der Waals surface area contributed by atoms with Gasteiger partial charge in [0.15, 0.2) is 0 Å². The maximum atomic E-state index is 9.73. The summed E-state index contributed by atoms with van der Waals surface area (Å²) in [4.78, 5) is 19.2. The molecular formula is C3H7N3O4. The van der Waals surface area contributed by atoms with Crippen LogP contribution in [0.3, 0.4) is 0 Å². The van der Waals surface area contributed by atoms with Crippen LogP contribution in [0.15, 0.2) is 0 Å². The third kappa shape index (κ3) is 4.91. The van der Waals surface area contributed by atoms with Crippen LogP contribution in [0, 0.1) is 20.2 Å². The molecule has 0 aliphatic rings. The van der Waals surface area contributed by atoms with E-state index in [4.69, 9.17) is 0 Å². The minimum Gasteiger partial charge on any atom is -0.263 e. The summed E-state index contributed by atoms with van der Waals surface area (Å²) in [7, 11) is 1.31. The molecule has 0 aliphatic heterocycles. The van der Waals surface area contributed by atoms with E-state index in [9.17, 15) is 20.2 Å². The molecule has 0 aliphatic carbocycles. The zero-order valence-electron chi connectivity index (χ0n) is 5.39. The fraction of sp³-hybridized carbons (Fsp3) is 1.00. The predicted octanol–water partition coefficient (Wildman–Crippen LogP) is -0.613. The molecule has 10 heavy (non-hydrogen) atoms. The van der Waals surface area contributed by atoms with Crippen molar-refractivity contribution in [2.24, 2.45) is 0 Å². The van der Waals surface area contributed by atoms with E-state index in [2.05, 4.69) is 0 Å². The molecular weight excluding hydrogens is 142 g/mol. The maximum absolute atomic E-state index is 9.73. The summed E-state index contributed by atoms with van der Waals surface area (Å²) in [5, 5.41) is 19.5. The van der Waals surface area contributed by atoms with Crippen LogP contribution in [0.1, 0.15) is 0 Å². The van der Waals surface area contributed by atoms with E-state index >= 15 is 0 Å². The number of hydrogen-bond acceptors (Lipinski definition) is 5. The number of nitrogens with zero attached hydrogens (tertiary/aromatic N) is 3. The Hall–Kier alpha value is -1.24. The van der Waals surface area contributed by atoms with Gasteiger partial charge in [-0.05, 0) is 7.05 Å². The van der Waals surface area contributed by atoms with Gasteiger partial charge in [-0.3, -0.25) is 20.2 Å². The lowest BCUT2D eigenvalue weighted by atomic mass is 10.8. The first-order valence-corrected chi connectivity index (χ1v) is 2.44. The molecule has 0 spiro atoms. The molecule has 0 saturated carbocycles. The SMILES string of the molecule is CN(C[N+](=O)[O-])C[N+](=O)[O-]. The smallest absolute Gasteiger partial charge is 0.263 e. The van der Waals surface area contributed by atoms with E-state index in [1.807, 2.05) is 0 Å². The first-order chi connectivity index (χ1) is 4.52. The van der Waals surface area contributed by atoms with E-state index in [0.29, 0.717) is 0 Å². The van der Waals surface area contributed by atoms with Crippen LogP contribution in [0.25, 0.3) is 0 Å². The van der Waals surface area contributed by atoms with Crippen molar-refractivity contribution >= 4 is 0 Å². The van der Waals surface area contributed by atoms with E-state index in [1.54, 1.807) is 0 Å². The maximum Gasteiger partial charge on any atom is 0.263 e. The molecule has 7 heteroatoms. The highest BCUT2D eigenvalue weighted by Gasteiger charge is 2.09. The second-order valence-electron chi connectivity index (χ2n) is 1.80. The molecule has 0 fully saturated rings. The average Bonchev–Trinajstić information content (AvgIpc) is 1.58. The lowest BCUT2D eigenvalue weighted by molar-refractivity contribution is -0.549. The minimum atomic E-state index is -0.622. The first-order valence-electron chi connectivity index (χ1n) is 2.44. The Morgan fingerprint density at radius 1 is 1.20 bits per heavy atom. The summed E-state index contributed by atoms with van der Waals surface area (Å²) >= 11 is 0. The Morgan fingerprint density at radius 2 is 1.50 bits per heavy atom. The van der Waals surface area contributed by atoms with Crippen molar-refractivity contribution in [2.45, 2.75) is 0 Å². The molecule has 0 aromatic rings. The van der Waals surface area contributed by atoms with Gasteiger partial charge in [-0.15, -0.1) is 0 Å². The molecule has 58 valence electrons. The number of hydrogen-bond donors (Lipinski definition) is 0. The quantitative estimate of drug-likeness (QED) is 0.302. The van der Waals surface area contributed by atoms with Crippen LogP contribution in [-0.2, 0) is 0 Å². The lowest BCUT2D eigenvalue weighted by Gasteiger charge is -2.03. The summed E-state index contributed by atoms with van der Waals surface area (Å²) < 4.78 is 0. The van der Waals surface area contributed by atoms with Gasteiger partial charge in [0.25, 0.3) is 13.3 Å². The Morgan fingerprint density at radius 3 is 1.70 bits per heavy atom. The van der Waals surface area contributed by atoms with Gasteiger partial charge in [-0.1, -0.05) is 0 Å². The van der Waals surface area contributed by atoms with E-state index in [0.717, 1.165) is 4.90 Å². The van der Waals surface area contributed by atoms with Crippen LogP contribution in [-0.4, -0.2) is 35.1 Å². The van der Waals surface area contributed by atoms with Crippen LogP contribution < -0.4 is 0 Å². The van der Waals surface area contributed by atoms with E-state index in [1.165, 1.54) is 7.05 Å². The number of nitro groups is 2. The summed E-state index contributed by atoms with van der Waals surface area (Å²) in [6.07, 6.45) is 0. The standard InChI is InChI=1S/C3H7N3O4/c1-4(2-5(7)8)3-6(9)10/h2-3H2,1H3. The van der Waals surface area contributed by atoms with Gasteiger partial charge in [0.2, 0.25) is 0 Å². The highest BCUT2D eigenvalue weighted by molar-refractivity contribution is 4.29. The topological polar surface area (TPSA) is 89.5 Å². The largest absolute Gasteiger partial charge is 0.263 e. The first kappa shape index (κ1) is 8.76. The fourth-order valence-corrected chi connectivity index (χ4v) is 0.439. The third-order valence-corrected chi connectivity index (χ3v) is 0.714. The Bertz CT molecular complexity index is 131. The Labute approximate surface area is 56.5 Å². The summed E-state index contributed by atoms with van der Waals surface area (Å²) in [5.41, 5.74) is 0. The van der Waals surface area contributed by atoms with Crippen LogP contribution in [0.5, 0.6) is 0 Å². The third-order valence-electron chi connectivity index (χ3n) is 0.714. The lowest BCUT2D eigenvalue weighted by Crippen LogP contribution is -2.30. The van der Waals surface area contributed by atoms with Crippen molar-refractivity contribution in [3.63, 3.8) is 0 Å². The zero-order chi connectivity index (χ0) is 8.15. The van der Waals surface area contributed by atoms with Gasteiger partial charge in [0.1, 0.15) is 0 Å². The van der Waals surface area contributed by atoms with Crippen molar-refractivity contribution in [1.29, 1.82) is 0 Å². The molecule has 0 heterocycles. The van der Waals surface area contributed by atoms with E-state index in [-0.39, 0.29) is 0 Å². The van der Waals surface area contributed by atoms with Gasteiger partial charge in [0.05, 0.1) is 0 Å². The van der Waals surface area contributed by atoms with Gasteiger partial charge in [0, 0.05) is 9.85 Å². The van der Waals surface area contributed by atoms with Crippen molar-refractivity contribution < 1.29 is 9.85 Å². The number of rotatable bonds is 4. The summed E-state index contributed by atoms with van der Waals surface area (Å²) in [6, 6.07) is 0. The molecule has 0 bridgehead atoms. The average molecular weight is 149 g/mol. The molecule has 7 nitrogen and oxygen atoms in total. The molecule has 0 rings (SSSR count). The molecule has 0 aromatic heterocycles. The molecule has 0 radical (unpaired) electrons. The van der Waals surface area contributed by atoms with Gasteiger partial charge in [-0.25, -0.2) is 0 Å².